The Kier molecular flexibility index (Phi) is 4.56. The Morgan fingerprint density at radius 2 is 1.52 bits per heavy atom. The fraction of sp³-hybridized carbons (Fsp3) is 0.300. The highest BCUT2D eigenvalue weighted by atomic mass is 16.2. The lowest BCUT2D eigenvalue weighted by Crippen LogP contribution is -2.45. The molecule has 1 aliphatic rings. The summed E-state index contributed by atoms with van der Waals surface area (Å²) in [5.41, 5.74) is 1.81. The SMILES string of the molecule is O=CCC1(c2ccccc2)CCN(C(=O)c2ccccc2)CC1. The van der Waals surface area contributed by atoms with E-state index in [9.17, 15) is 9.59 Å². The van der Waals surface area contributed by atoms with Gasteiger partial charge in [-0.3, -0.25) is 4.79 Å². The van der Waals surface area contributed by atoms with Crippen molar-refractivity contribution in [2.45, 2.75) is 24.7 Å². The molecule has 23 heavy (non-hydrogen) atoms. The number of hydrogen-bond donors (Lipinski definition) is 0. The van der Waals surface area contributed by atoms with Crippen LogP contribution in [0.1, 0.15) is 35.2 Å². The fourth-order valence-corrected chi connectivity index (χ4v) is 3.46. The summed E-state index contributed by atoms with van der Waals surface area (Å²) in [6.45, 7) is 1.38. The molecule has 2 aromatic rings. The standard InChI is InChI=1S/C20H21NO2/c22-16-13-20(18-9-5-2-6-10-18)11-14-21(15-12-20)19(23)17-7-3-1-4-8-17/h1-10,16H,11-15H2. The Labute approximate surface area is 136 Å². The van der Waals surface area contributed by atoms with Crippen LogP contribution in [0.15, 0.2) is 60.7 Å². The van der Waals surface area contributed by atoms with Gasteiger partial charge in [-0.05, 0) is 30.5 Å². The Balaban J connectivity index is 1.75. The van der Waals surface area contributed by atoms with E-state index in [4.69, 9.17) is 0 Å². The molecule has 0 atom stereocenters. The van der Waals surface area contributed by atoms with E-state index in [0.717, 1.165) is 24.7 Å². The summed E-state index contributed by atoms with van der Waals surface area (Å²) in [7, 11) is 0. The first-order valence-corrected chi connectivity index (χ1v) is 8.09. The molecule has 0 saturated carbocycles. The molecule has 2 aromatic carbocycles. The Hall–Kier alpha value is -2.42. The third-order valence-corrected chi connectivity index (χ3v) is 4.89. The Morgan fingerprint density at radius 3 is 2.09 bits per heavy atom. The van der Waals surface area contributed by atoms with Crippen molar-refractivity contribution >= 4 is 12.2 Å². The lowest BCUT2D eigenvalue weighted by atomic mass is 9.71. The number of benzene rings is 2. The van der Waals surface area contributed by atoms with Crippen LogP contribution in [0.2, 0.25) is 0 Å². The van der Waals surface area contributed by atoms with Gasteiger partial charge in [0.15, 0.2) is 0 Å². The molecule has 3 rings (SSSR count). The lowest BCUT2D eigenvalue weighted by molar-refractivity contribution is -0.109. The van der Waals surface area contributed by atoms with Gasteiger partial charge in [0.05, 0.1) is 0 Å². The van der Waals surface area contributed by atoms with Crippen LogP contribution in [0.3, 0.4) is 0 Å². The van der Waals surface area contributed by atoms with Gasteiger partial charge >= 0.3 is 0 Å². The van der Waals surface area contributed by atoms with Gasteiger partial charge in [0.25, 0.3) is 5.91 Å². The third-order valence-electron chi connectivity index (χ3n) is 4.89. The fourth-order valence-electron chi connectivity index (χ4n) is 3.46. The molecule has 1 fully saturated rings. The summed E-state index contributed by atoms with van der Waals surface area (Å²) >= 11 is 0. The zero-order valence-electron chi connectivity index (χ0n) is 13.2. The van der Waals surface area contributed by atoms with E-state index < -0.39 is 0 Å². The normalized spacial score (nSPS) is 16.8. The molecule has 1 heterocycles. The molecule has 3 heteroatoms. The predicted octanol–water partition coefficient (Wildman–Crippen LogP) is 3.45. The first kappa shape index (κ1) is 15.5. The number of aldehydes is 1. The van der Waals surface area contributed by atoms with Gasteiger partial charge in [-0.2, -0.15) is 0 Å². The minimum atomic E-state index is -0.128. The average molecular weight is 307 g/mol. The topological polar surface area (TPSA) is 37.4 Å². The zero-order chi connectivity index (χ0) is 16.1. The number of amides is 1. The number of carbonyl (C=O) groups excluding carboxylic acids is 2. The molecule has 1 aliphatic heterocycles. The molecule has 0 N–H and O–H groups in total. The van der Waals surface area contributed by atoms with E-state index in [2.05, 4.69) is 12.1 Å². The predicted molar refractivity (Wildman–Crippen MR) is 90.4 cm³/mol. The summed E-state index contributed by atoms with van der Waals surface area (Å²) < 4.78 is 0. The maximum Gasteiger partial charge on any atom is 0.253 e. The first-order valence-electron chi connectivity index (χ1n) is 8.09. The summed E-state index contributed by atoms with van der Waals surface area (Å²) in [5.74, 6) is 0.0818. The molecular formula is C20H21NO2. The van der Waals surface area contributed by atoms with Crippen LogP contribution in [-0.2, 0) is 10.2 Å². The van der Waals surface area contributed by atoms with Gasteiger partial charge in [-0.1, -0.05) is 48.5 Å². The van der Waals surface area contributed by atoms with E-state index in [-0.39, 0.29) is 11.3 Å². The number of nitrogens with zero attached hydrogens (tertiary/aromatic N) is 1. The lowest BCUT2D eigenvalue weighted by Gasteiger charge is -2.41. The number of rotatable bonds is 4. The van der Waals surface area contributed by atoms with Crippen LogP contribution in [0, 0.1) is 0 Å². The van der Waals surface area contributed by atoms with E-state index in [1.165, 1.54) is 5.56 Å². The monoisotopic (exact) mass is 307 g/mol. The number of likely N-dealkylation sites (tertiary alicyclic amines) is 1. The van der Waals surface area contributed by atoms with Crippen molar-refractivity contribution in [1.29, 1.82) is 0 Å². The second kappa shape index (κ2) is 6.78. The molecule has 3 nitrogen and oxygen atoms in total. The maximum atomic E-state index is 12.6. The summed E-state index contributed by atoms with van der Waals surface area (Å²) in [6, 6.07) is 19.6. The van der Waals surface area contributed by atoms with Crippen LogP contribution >= 0.6 is 0 Å². The smallest absolute Gasteiger partial charge is 0.253 e. The highest BCUT2D eigenvalue weighted by Crippen LogP contribution is 2.38. The number of hydrogen-bond acceptors (Lipinski definition) is 2. The van der Waals surface area contributed by atoms with Crippen LogP contribution in [0.5, 0.6) is 0 Å². The minimum Gasteiger partial charge on any atom is -0.339 e. The van der Waals surface area contributed by atoms with Crippen molar-refractivity contribution in [3.63, 3.8) is 0 Å². The maximum absolute atomic E-state index is 12.6. The van der Waals surface area contributed by atoms with Crippen LogP contribution in [0.25, 0.3) is 0 Å². The molecule has 0 aliphatic carbocycles. The second-order valence-electron chi connectivity index (χ2n) is 6.18. The first-order chi connectivity index (χ1) is 11.2. The number of carbonyl (C=O) groups is 2. The number of piperidine rings is 1. The molecule has 0 radical (unpaired) electrons. The molecule has 118 valence electrons. The van der Waals surface area contributed by atoms with E-state index in [1.54, 1.807) is 0 Å². The van der Waals surface area contributed by atoms with Crippen molar-refractivity contribution in [2.24, 2.45) is 0 Å². The largest absolute Gasteiger partial charge is 0.339 e. The molecule has 0 unspecified atom stereocenters. The van der Waals surface area contributed by atoms with Crippen molar-refractivity contribution in [2.75, 3.05) is 13.1 Å². The van der Waals surface area contributed by atoms with E-state index in [0.29, 0.717) is 19.5 Å². The average Bonchev–Trinajstić information content (AvgIpc) is 2.63. The second-order valence-corrected chi connectivity index (χ2v) is 6.18. The van der Waals surface area contributed by atoms with E-state index in [1.807, 2.05) is 53.4 Å². The molecule has 0 bridgehead atoms. The van der Waals surface area contributed by atoms with Gasteiger partial charge in [-0.15, -0.1) is 0 Å². The van der Waals surface area contributed by atoms with Gasteiger partial charge < -0.3 is 9.69 Å². The van der Waals surface area contributed by atoms with Crippen LogP contribution in [-0.4, -0.2) is 30.2 Å². The minimum absolute atomic E-state index is 0.0818. The van der Waals surface area contributed by atoms with Gasteiger partial charge in [-0.25, -0.2) is 0 Å². The molecule has 0 aromatic heterocycles. The molecule has 0 spiro atoms. The van der Waals surface area contributed by atoms with Crippen LogP contribution < -0.4 is 0 Å². The van der Waals surface area contributed by atoms with Crippen molar-refractivity contribution in [3.05, 3.63) is 71.8 Å². The highest BCUT2D eigenvalue weighted by molar-refractivity contribution is 5.94. The third kappa shape index (κ3) is 3.19. The van der Waals surface area contributed by atoms with Gasteiger partial charge in [0, 0.05) is 30.5 Å². The van der Waals surface area contributed by atoms with Gasteiger partial charge in [0.2, 0.25) is 0 Å². The molecule has 1 amide bonds. The van der Waals surface area contributed by atoms with Crippen LogP contribution in [0.4, 0.5) is 0 Å². The van der Waals surface area contributed by atoms with Crippen molar-refractivity contribution in [3.8, 4) is 0 Å². The summed E-state index contributed by atoms with van der Waals surface area (Å²) in [4.78, 5) is 25.7. The molecule has 1 saturated heterocycles. The van der Waals surface area contributed by atoms with E-state index >= 15 is 0 Å². The van der Waals surface area contributed by atoms with Gasteiger partial charge in [0.1, 0.15) is 6.29 Å². The Bertz CT molecular complexity index is 659. The quantitative estimate of drug-likeness (QED) is 0.811. The van der Waals surface area contributed by atoms with Crippen molar-refractivity contribution in [1.82, 2.24) is 4.90 Å². The zero-order valence-corrected chi connectivity index (χ0v) is 13.2. The molecular weight excluding hydrogens is 286 g/mol. The Morgan fingerprint density at radius 1 is 0.957 bits per heavy atom. The summed E-state index contributed by atoms with van der Waals surface area (Å²) in [6.07, 6.45) is 3.19. The highest BCUT2D eigenvalue weighted by Gasteiger charge is 2.37. The summed E-state index contributed by atoms with van der Waals surface area (Å²) in [5, 5.41) is 0. The van der Waals surface area contributed by atoms with Crippen molar-refractivity contribution < 1.29 is 9.59 Å².